The third-order valence-corrected chi connectivity index (χ3v) is 1.21. The minimum Gasteiger partial charge on any atom is -0.399 e. The lowest BCUT2D eigenvalue weighted by Crippen LogP contribution is -1.92. The molecule has 1 aromatic heterocycles. The van der Waals surface area contributed by atoms with E-state index >= 15 is 0 Å². The number of nitrogen functional groups attached to an aromatic ring is 1. The van der Waals surface area contributed by atoms with Gasteiger partial charge in [0.2, 0.25) is 0 Å². The molecule has 2 nitrogen and oxygen atoms in total. The summed E-state index contributed by atoms with van der Waals surface area (Å²) < 4.78 is 12.5. The molecule has 0 saturated carbocycles. The number of halogens is 1. The normalized spacial score (nSPS) is 13.0. The van der Waals surface area contributed by atoms with E-state index in [1.807, 2.05) is 0 Å². The molecule has 0 saturated heterocycles. The molecule has 0 aliphatic carbocycles. The zero-order valence-electron chi connectivity index (χ0n) is 5.71. The van der Waals surface area contributed by atoms with E-state index in [1.54, 1.807) is 6.07 Å². The summed E-state index contributed by atoms with van der Waals surface area (Å²) in [6.45, 7) is 1.43. The number of nitrogens with two attached hydrogens (primary N) is 1. The molecule has 0 fully saturated rings. The lowest BCUT2D eigenvalue weighted by molar-refractivity contribution is 0.366. The van der Waals surface area contributed by atoms with Crippen LogP contribution in [0.5, 0.6) is 0 Å². The van der Waals surface area contributed by atoms with Crippen LogP contribution in [0.2, 0.25) is 0 Å². The topological polar surface area (TPSA) is 38.9 Å². The van der Waals surface area contributed by atoms with Gasteiger partial charge in [-0.3, -0.25) is 4.98 Å². The Morgan fingerprint density at radius 2 is 2.40 bits per heavy atom. The molecule has 0 bridgehead atoms. The molecule has 0 radical (unpaired) electrons. The summed E-state index contributed by atoms with van der Waals surface area (Å²) >= 11 is 0. The van der Waals surface area contributed by atoms with Gasteiger partial charge in [0.25, 0.3) is 0 Å². The quantitative estimate of drug-likeness (QED) is 0.644. The summed E-state index contributed by atoms with van der Waals surface area (Å²) in [6, 6.07) is 3.16. The number of pyridine rings is 1. The Hall–Kier alpha value is -1.12. The molecule has 0 spiro atoms. The van der Waals surface area contributed by atoms with E-state index < -0.39 is 6.17 Å². The van der Waals surface area contributed by atoms with Gasteiger partial charge in [0.05, 0.1) is 5.69 Å². The molecule has 0 aromatic carbocycles. The zero-order chi connectivity index (χ0) is 7.56. The van der Waals surface area contributed by atoms with Gasteiger partial charge >= 0.3 is 0 Å². The molecule has 1 rings (SSSR count). The molecule has 2 N–H and O–H groups in total. The summed E-state index contributed by atoms with van der Waals surface area (Å²) in [6.07, 6.45) is 0.462. The second-order valence-electron chi connectivity index (χ2n) is 2.13. The van der Waals surface area contributed by atoms with Crippen LogP contribution in [0.15, 0.2) is 18.3 Å². The molecule has 1 unspecified atom stereocenters. The Labute approximate surface area is 58.9 Å². The van der Waals surface area contributed by atoms with Gasteiger partial charge in [-0.2, -0.15) is 0 Å². The van der Waals surface area contributed by atoms with Crippen molar-refractivity contribution in [1.82, 2.24) is 4.98 Å². The molecular weight excluding hydrogens is 131 g/mol. The van der Waals surface area contributed by atoms with Gasteiger partial charge in [0.1, 0.15) is 6.17 Å². The molecular formula is C7H9FN2. The third kappa shape index (κ3) is 1.43. The van der Waals surface area contributed by atoms with Gasteiger partial charge in [-0.15, -0.1) is 0 Å². The molecule has 1 aromatic rings. The maximum atomic E-state index is 12.5. The first-order valence-corrected chi connectivity index (χ1v) is 3.05. The highest BCUT2D eigenvalue weighted by Crippen LogP contribution is 2.14. The average Bonchev–Trinajstić information content (AvgIpc) is 1.88. The first-order valence-electron chi connectivity index (χ1n) is 3.05. The van der Waals surface area contributed by atoms with Crippen LogP contribution in [-0.2, 0) is 0 Å². The summed E-state index contributed by atoms with van der Waals surface area (Å²) in [5.74, 6) is 0. The highest BCUT2D eigenvalue weighted by molar-refractivity contribution is 5.37. The fraction of sp³-hybridized carbons (Fsp3) is 0.286. The van der Waals surface area contributed by atoms with Crippen molar-refractivity contribution in [1.29, 1.82) is 0 Å². The van der Waals surface area contributed by atoms with Crippen molar-refractivity contribution >= 4 is 5.69 Å². The predicted molar refractivity (Wildman–Crippen MR) is 38.2 cm³/mol. The van der Waals surface area contributed by atoms with Gasteiger partial charge in [0, 0.05) is 11.9 Å². The van der Waals surface area contributed by atoms with Crippen LogP contribution in [0, 0.1) is 0 Å². The van der Waals surface area contributed by atoms with Gasteiger partial charge in [-0.05, 0) is 19.1 Å². The monoisotopic (exact) mass is 140 g/mol. The molecule has 1 atom stereocenters. The summed E-state index contributed by atoms with van der Waals surface area (Å²) in [5.41, 5.74) is 6.33. The Balaban J connectivity index is 2.96. The number of hydrogen-bond donors (Lipinski definition) is 1. The molecule has 10 heavy (non-hydrogen) atoms. The number of aromatic nitrogens is 1. The highest BCUT2D eigenvalue weighted by atomic mass is 19.1. The van der Waals surface area contributed by atoms with Crippen LogP contribution in [0.1, 0.15) is 18.8 Å². The molecule has 0 aliphatic heterocycles. The van der Waals surface area contributed by atoms with E-state index in [9.17, 15) is 4.39 Å². The van der Waals surface area contributed by atoms with Crippen molar-refractivity contribution < 1.29 is 4.39 Å². The van der Waals surface area contributed by atoms with Gasteiger partial charge in [-0.25, -0.2) is 4.39 Å². The molecule has 0 amide bonds. The van der Waals surface area contributed by atoms with Gasteiger partial charge in [-0.1, -0.05) is 0 Å². The van der Waals surface area contributed by atoms with Crippen molar-refractivity contribution in [3.05, 3.63) is 24.0 Å². The summed E-state index contributed by atoms with van der Waals surface area (Å²) in [5, 5.41) is 0. The van der Waals surface area contributed by atoms with E-state index in [2.05, 4.69) is 4.98 Å². The van der Waals surface area contributed by atoms with Crippen LogP contribution in [-0.4, -0.2) is 4.98 Å². The Morgan fingerprint density at radius 3 is 2.80 bits per heavy atom. The summed E-state index contributed by atoms with van der Waals surface area (Å²) in [7, 11) is 0. The minimum absolute atomic E-state index is 0.389. The fourth-order valence-corrected chi connectivity index (χ4v) is 0.683. The standard InChI is InChI=1S/C7H9FN2/c1-5(8)7-4-6(9)2-3-10-7/h2-5H,1H3,(H2,9,10). The second-order valence-corrected chi connectivity index (χ2v) is 2.13. The molecule has 54 valence electrons. The van der Waals surface area contributed by atoms with E-state index in [-0.39, 0.29) is 0 Å². The van der Waals surface area contributed by atoms with Crippen molar-refractivity contribution in [3.63, 3.8) is 0 Å². The number of nitrogens with zero attached hydrogens (tertiary/aromatic N) is 1. The van der Waals surface area contributed by atoms with Gasteiger partial charge in [0.15, 0.2) is 0 Å². The van der Waals surface area contributed by atoms with Crippen molar-refractivity contribution in [3.8, 4) is 0 Å². The summed E-state index contributed by atoms with van der Waals surface area (Å²) in [4.78, 5) is 3.78. The third-order valence-electron chi connectivity index (χ3n) is 1.21. The molecule has 3 heteroatoms. The van der Waals surface area contributed by atoms with E-state index in [4.69, 9.17) is 5.73 Å². The maximum Gasteiger partial charge on any atom is 0.139 e. The zero-order valence-corrected chi connectivity index (χ0v) is 5.71. The molecule has 0 aliphatic rings. The number of alkyl halides is 1. The van der Waals surface area contributed by atoms with E-state index in [1.165, 1.54) is 19.2 Å². The second kappa shape index (κ2) is 2.64. The fourth-order valence-electron chi connectivity index (χ4n) is 0.683. The lowest BCUT2D eigenvalue weighted by Gasteiger charge is -2.00. The smallest absolute Gasteiger partial charge is 0.139 e. The van der Waals surface area contributed by atoms with Gasteiger partial charge < -0.3 is 5.73 Å². The highest BCUT2D eigenvalue weighted by Gasteiger charge is 2.02. The SMILES string of the molecule is CC(F)c1cc(N)ccn1. The van der Waals surface area contributed by atoms with Crippen LogP contribution in [0.3, 0.4) is 0 Å². The van der Waals surface area contributed by atoms with Crippen molar-refractivity contribution in [2.24, 2.45) is 0 Å². The number of rotatable bonds is 1. The van der Waals surface area contributed by atoms with Crippen LogP contribution in [0.25, 0.3) is 0 Å². The van der Waals surface area contributed by atoms with Crippen molar-refractivity contribution in [2.45, 2.75) is 13.1 Å². The van der Waals surface area contributed by atoms with E-state index in [0.717, 1.165) is 0 Å². The van der Waals surface area contributed by atoms with Crippen molar-refractivity contribution in [2.75, 3.05) is 5.73 Å². The first-order chi connectivity index (χ1) is 4.70. The van der Waals surface area contributed by atoms with Crippen LogP contribution in [0.4, 0.5) is 10.1 Å². The Morgan fingerprint density at radius 1 is 1.70 bits per heavy atom. The van der Waals surface area contributed by atoms with Crippen LogP contribution >= 0.6 is 0 Å². The minimum atomic E-state index is -1.04. The average molecular weight is 140 g/mol. The Bertz CT molecular complexity index is 223. The van der Waals surface area contributed by atoms with Crippen LogP contribution < -0.4 is 5.73 Å². The lowest BCUT2D eigenvalue weighted by atomic mass is 10.2. The maximum absolute atomic E-state index is 12.5. The number of anilines is 1. The number of hydrogen-bond acceptors (Lipinski definition) is 2. The van der Waals surface area contributed by atoms with E-state index in [0.29, 0.717) is 11.4 Å². The largest absolute Gasteiger partial charge is 0.399 e. The molecule has 1 heterocycles. The first kappa shape index (κ1) is 6.99. The Kier molecular flexibility index (Phi) is 1.85. The predicted octanol–water partition coefficient (Wildman–Crippen LogP) is 1.69.